The molecule has 19 heteroatoms. The van der Waals surface area contributed by atoms with Crippen LogP contribution in [-0.2, 0) is 65.4 Å². The van der Waals surface area contributed by atoms with Gasteiger partial charge < -0.3 is 33.8 Å². The average molecular weight is 1220 g/mol. The van der Waals surface area contributed by atoms with Crippen molar-refractivity contribution >= 4 is 39.5 Å². The second-order valence-electron chi connectivity index (χ2n) is 23.4. The number of hydrogen-bond donors (Lipinski definition) is 3. The van der Waals surface area contributed by atoms with Gasteiger partial charge in [0.2, 0.25) is 0 Å². The zero-order valence-electron chi connectivity index (χ0n) is 53.0. The number of ether oxygens (including phenoxy) is 4. The van der Waals surface area contributed by atoms with Crippen LogP contribution >= 0.6 is 15.6 Å². The Morgan fingerprint density at radius 2 is 0.651 bits per heavy atom. The summed E-state index contributed by atoms with van der Waals surface area (Å²) in [5, 5.41) is 10.5. The predicted octanol–water partition coefficient (Wildman–Crippen LogP) is 17.2. The first-order chi connectivity index (χ1) is 39.9. The molecule has 0 fully saturated rings. The van der Waals surface area contributed by atoms with E-state index in [1.165, 1.54) is 89.9 Å². The number of phosphoric ester groups is 2. The number of hydrogen-bond acceptors (Lipinski definition) is 15. The number of phosphoric acid groups is 2. The van der Waals surface area contributed by atoms with E-state index in [1.54, 1.807) is 0 Å². The lowest BCUT2D eigenvalue weighted by Crippen LogP contribution is -2.30. The van der Waals surface area contributed by atoms with E-state index >= 15 is 0 Å². The summed E-state index contributed by atoms with van der Waals surface area (Å²) in [5.74, 6) is -0.719. The third kappa shape index (κ3) is 58.3. The maximum absolute atomic E-state index is 13.0. The van der Waals surface area contributed by atoms with Crippen LogP contribution in [0.25, 0.3) is 0 Å². The molecule has 488 valence electrons. The summed E-state index contributed by atoms with van der Waals surface area (Å²) in [6.07, 6.45) is 41.6. The number of rotatable bonds is 61. The van der Waals surface area contributed by atoms with Crippen molar-refractivity contribution in [1.82, 2.24) is 0 Å². The van der Waals surface area contributed by atoms with E-state index in [0.29, 0.717) is 25.7 Å². The van der Waals surface area contributed by atoms with Gasteiger partial charge in [0, 0.05) is 25.7 Å². The molecule has 0 saturated heterocycles. The number of unbranched alkanes of at least 4 members (excludes halogenated alkanes) is 28. The molecular weight excluding hydrogens is 1100 g/mol. The molecule has 0 aliphatic carbocycles. The Labute approximate surface area is 503 Å². The number of carbonyl (C=O) groups excluding carboxylic acids is 4. The highest BCUT2D eigenvalue weighted by atomic mass is 31.2. The van der Waals surface area contributed by atoms with E-state index < -0.39 is 97.5 Å². The Morgan fingerprint density at radius 3 is 0.988 bits per heavy atom. The molecule has 0 aliphatic heterocycles. The van der Waals surface area contributed by atoms with Crippen molar-refractivity contribution in [3.05, 3.63) is 24.3 Å². The first-order valence-electron chi connectivity index (χ1n) is 32.8. The van der Waals surface area contributed by atoms with Crippen molar-refractivity contribution < 1.29 is 80.2 Å². The molecule has 0 radical (unpaired) electrons. The number of esters is 4. The normalized spacial score (nSPS) is 14.5. The molecule has 17 nitrogen and oxygen atoms in total. The van der Waals surface area contributed by atoms with Gasteiger partial charge in [-0.25, -0.2) is 9.13 Å². The average Bonchev–Trinajstić information content (AvgIpc) is 3.45. The van der Waals surface area contributed by atoms with Gasteiger partial charge in [-0.3, -0.25) is 37.3 Å². The molecule has 0 aliphatic rings. The highest BCUT2D eigenvalue weighted by molar-refractivity contribution is 7.47. The molecule has 0 aromatic carbocycles. The lowest BCUT2D eigenvalue weighted by atomic mass is 10.0. The van der Waals surface area contributed by atoms with E-state index in [1.807, 2.05) is 0 Å². The minimum Gasteiger partial charge on any atom is -0.462 e. The quantitative estimate of drug-likeness (QED) is 0.0169. The summed E-state index contributed by atoms with van der Waals surface area (Å²) in [4.78, 5) is 71.9. The first-order valence-corrected chi connectivity index (χ1v) is 35.8. The number of carbonyl (C=O) groups is 4. The maximum atomic E-state index is 13.0. The summed E-state index contributed by atoms with van der Waals surface area (Å²) in [7, 11) is -9.89. The van der Waals surface area contributed by atoms with Crippen LogP contribution in [0.4, 0.5) is 0 Å². The van der Waals surface area contributed by atoms with Crippen LogP contribution in [0, 0.1) is 11.8 Å². The van der Waals surface area contributed by atoms with E-state index in [4.69, 9.17) is 37.0 Å². The van der Waals surface area contributed by atoms with Gasteiger partial charge >= 0.3 is 39.5 Å². The number of aliphatic hydroxyl groups excluding tert-OH is 1. The molecule has 2 unspecified atom stereocenters. The summed E-state index contributed by atoms with van der Waals surface area (Å²) in [5.41, 5.74) is 0. The number of aliphatic hydroxyl groups is 1. The van der Waals surface area contributed by atoms with Crippen LogP contribution in [0.3, 0.4) is 0 Å². The molecule has 0 rings (SSSR count). The summed E-state index contributed by atoms with van der Waals surface area (Å²) < 4.78 is 67.8. The first kappa shape index (κ1) is 80.5. The third-order valence-electron chi connectivity index (χ3n) is 14.1. The highest BCUT2D eigenvalue weighted by Gasteiger charge is 2.30. The largest absolute Gasteiger partial charge is 0.472 e. The van der Waals surface area contributed by atoms with E-state index in [2.05, 4.69) is 65.8 Å². The lowest BCUT2D eigenvalue weighted by Gasteiger charge is -2.21. The molecule has 0 amide bonds. The Kier molecular flexibility index (Phi) is 54.4. The molecule has 83 heavy (non-hydrogen) atoms. The molecule has 3 N–H and O–H groups in total. The van der Waals surface area contributed by atoms with Crippen molar-refractivity contribution in [3.63, 3.8) is 0 Å². The summed E-state index contributed by atoms with van der Waals surface area (Å²) >= 11 is 0. The van der Waals surface area contributed by atoms with Gasteiger partial charge in [0.1, 0.15) is 19.3 Å². The molecule has 0 heterocycles. The fourth-order valence-electron chi connectivity index (χ4n) is 8.99. The van der Waals surface area contributed by atoms with Crippen LogP contribution in [0.1, 0.15) is 292 Å². The fraction of sp³-hybridized carbons (Fsp3) is 0.875. The van der Waals surface area contributed by atoms with Crippen molar-refractivity contribution in [3.8, 4) is 0 Å². The van der Waals surface area contributed by atoms with Crippen LogP contribution in [0.2, 0.25) is 0 Å². The van der Waals surface area contributed by atoms with Gasteiger partial charge in [-0.2, -0.15) is 0 Å². The zero-order valence-corrected chi connectivity index (χ0v) is 54.8. The Balaban J connectivity index is 5.22. The van der Waals surface area contributed by atoms with Crippen LogP contribution in [0.5, 0.6) is 0 Å². The second-order valence-corrected chi connectivity index (χ2v) is 26.3. The topological polar surface area (TPSA) is 237 Å². The standard InChI is InChI=1S/C64H120O17P2/c1-7-9-11-13-14-15-16-17-18-19-20-23-30-36-42-48-63(68)81-60(53-75-62(67)47-41-35-29-24-21-22-27-33-38-44-56(3)4)55-79-83(72,73)77-51-58(65)50-76-82(70,71)78-54-59(52-74-61(66)46-40-32-12-10-8-2)80-64(69)49-43-37-31-26-25-28-34-39-45-57(5)6/h15-18,56-60,65H,7-14,19-55H2,1-6H3,(H,70,71)(H,72,73)/b16-15-,18-17-/t58-,59+,60+/m0/s1. The second kappa shape index (κ2) is 56.1. The monoisotopic (exact) mass is 1220 g/mol. The van der Waals surface area contributed by atoms with Gasteiger partial charge in [0.15, 0.2) is 12.2 Å². The molecular formula is C64H120O17P2. The Hall–Kier alpha value is -2.46. The number of allylic oxidation sites excluding steroid dienone is 4. The van der Waals surface area contributed by atoms with Gasteiger partial charge in [-0.1, -0.05) is 239 Å². The summed E-state index contributed by atoms with van der Waals surface area (Å²) in [6.45, 7) is 9.27. The molecule has 0 aromatic heterocycles. The fourth-order valence-corrected chi connectivity index (χ4v) is 10.6. The zero-order chi connectivity index (χ0) is 61.5. The van der Waals surface area contributed by atoms with Gasteiger partial charge in [-0.15, -0.1) is 0 Å². The molecule has 0 bridgehead atoms. The van der Waals surface area contributed by atoms with Crippen LogP contribution in [0.15, 0.2) is 24.3 Å². The Morgan fingerprint density at radius 1 is 0.373 bits per heavy atom. The van der Waals surface area contributed by atoms with Crippen LogP contribution in [-0.4, -0.2) is 96.7 Å². The third-order valence-corrected chi connectivity index (χ3v) is 16.0. The summed E-state index contributed by atoms with van der Waals surface area (Å²) in [6, 6.07) is 0. The van der Waals surface area contributed by atoms with Crippen molar-refractivity contribution in [2.75, 3.05) is 39.6 Å². The van der Waals surface area contributed by atoms with Gasteiger partial charge in [-0.05, 0) is 63.2 Å². The molecule has 0 saturated carbocycles. The van der Waals surface area contributed by atoms with Crippen molar-refractivity contribution in [2.45, 2.75) is 310 Å². The molecule has 0 aromatic rings. The lowest BCUT2D eigenvalue weighted by molar-refractivity contribution is -0.161. The van der Waals surface area contributed by atoms with E-state index in [-0.39, 0.29) is 25.7 Å². The van der Waals surface area contributed by atoms with Crippen molar-refractivity contribution in [1.29, 1.82) is 0 Å². The highest BCUT2D eigenvalue weighted by Crippen LogP contribution is 2.45. The van der Waals surface area contributed by atoms with E-state index in [9.17, 15) is 43.2 Å². The predicted molar refractivity (Wildman–Crippen MR) is 331 cm³/mol. The minimum atomic E-state index is -4.95. The minimum absolute atomic E-state index is 0.0842. The van der Waals surface area contributed by atoms with Gasteiger partial charge in [0.25, 0.3) is 0 Å². The van der Waals surface area contributed by atoms with Crippen LogP contribution < -0.4 is 0 Å². The van der Waals surface area contributed by atoms with E-state index in [0.717, 1.165) is 121 Å². The van der Waals surface area contributed by atoms with Crippen molar-refractivity contribution in [2.24, 2.45) is 11.8 Å². The smallest absolute Gasteiger partial charge is 0.462 e. The molecule has 0 spiro atoms. The maximum Gasteiger partial charge on any atom is 0.472 e. The SMILES string of the molecule is CCCCCC/C=C\C=C/CCCCCCCC(=O)O[C@H](COC(=O)CCCCCCCCCCCC(C)C)COP(=O)(O)OC[C@@H](O)COP(=O)(O)OC[C@@H](COC(=O)CCCCCCC)OC(=O)CCCCCCCCCCC(C)C. The molecule has 5 atom stereocenters. The Bertz CT molecular complexity index is 1720. The van der Waals surface area contributed by atoms with Gasteiger partial charge in [0.05, 0.1) is 26.4 Å².